The highest BCUT2D eigenvalue weighted by atomic mass is 14.9. The molecule has 1 atom stereocenters. The Morgan fingerprint density at radius 1 is 1.38 bits per heavy atom. The zero-order chi connectivity index (χ0) is 11.7. The van der Waals surface area contributed by atoms with Crippen molar-refractivity contribution in [3.05, 3.63) is 23.3 Å². The van der Waals surface area contributed by atoms with Gasteiger partial charge in [0.1, 0.15) is 5.82 Å². The molecule has 2 N–H and O–H groups in total. The van der Waals surface area contributed by atoms with Crippen molar-refractivity contribution in [2.45, 2.75) is 52.0 Å². The molecule has 16 heavy (non-hydrogen) atoms. The number of hydrogen-bond acceptors (Lipinski definition) is 3. The van der Waals surface area contributed by atoms with Gasteiger partial charge in [-0.3, -0.25) is 0 Å². The number of hydrogen-bond donors (Lipinski definition) is 1. The zero-order valence-electron chi connectivity index (χ0n) is 10.4. The van der Waals surface area contributed by atoms with Gasteiger partial charge in [0.25, 0.3) is 0 Å². The molecule has 3 heteroatoms. The lowest BCUT2D eigenvalue weighted by Crippen LogP contribution is -2.21. The summed E-state index contributed by atoms with van der Waals surface area (Å²) < 4.78 is 0. The third kappa shape index (κ3) is 2.40. The van der Waals surface area contributed by atoms with Gasteiger partial charge in [0, 0.05) is 17.3 Å². The summed E-state index contributed by atoms with van der Waals surface area (Å²) >= 11 is 0. The van der Waals surface area contributed by atoms with Crippen molar-refractivity contribution in [2.75, 3.05) is 0 Å². The lowest BCUT2D eigenvalue weighted by molar-refractivity contribution is 0.486. The minimum Gasteiger partial charge on any atom is -0.321 e. The van der Waals surface area contributed by atoms with E-state index in [0.29, 0.717) is 11.8 Å². The van der Waals surface area contributed by atoms with E-state index in [4.69, 9.17) is 5.73 Å². The highest BCUT2D eigenvalue weighted by Gasteiger charge is 2.27. The normalized spacial score (nSPS) is 17.8. The molecule has 1 aliphatic carbocycles. The Bertz CT molecular complexity index is 369. The van der Waals surface area contributed by atoms with Gasteiger partial charge in [0.05, 0.1) is 6.04 Å². The molecule has 1 heterocycles. The van der Waals surface area contributed by atoms with E-state index in [1.54, 1.807) is 0 Å². The standard InChI is InChI=1S/C13H21N3/c1-4-10-7-11(9-5-6-9)16-13(15-10)12(14)8(2)3/h7-9,12H,4-6,14H2,1-3H3. The van der Waals surface area contributed by atoms with Crippen molar-refractivity contribution in [2.24, 2.45) is 11.7 Å². The molecule has 0 bridgehead atoms. The largest absolute Gasteiger partial charge is 0.321 e. The van der Waals surface area contributed by atoms with Crippen molar-refractivity contribution in [1.82, 2.24) is 9.97 Å². The molecule has 1 unspecified atom stereocenters. The first-order valence-electron chi connectivity index (χ1n) is 6.25. The molecule has 1 aromatic rings. The Hall–Kier alpha value is -0.960. The number of aromatic nitrogens is 2. The predicted molar refractivity (Wildman–Crippen MR) is 65.2 cm³/mol. The molecule has 1 fully saturated rings. The lowest BCUT2D eigenvalue weighted by atomic mass is 10.0. The summed E-state index contributed by atoms with van der Waals surface area (Å²) in [5.41, 5.74) is 8.46. The highest BCUT2D eigenvalue weighted by Crippen LogP contribution is 2.39. The molecule has 0 radical (unpaired) electrons. The number of nitrogens with zero attached hydrogens (tertiary/aromatic N) is 2. The fourth-order valence-corrected chi connectivity index (χ4v) is 1.76. The van der Waals surface area contributed by atoms with Gasteiger partial charge >= 0.3 is 0 Å². The van der Waals surface area contributed by atoms with Crippen molar-refractivity contribution in [3.63, 3.8) is 0 Å². The van der Waals surface area contributed by atoms with Crippen molar-refractivity contribution < 1.29 is 0 Å². The van der Waals surface area contributed by atoms with Crippen LogP contribution in [0.25, 0.3) is 0 Å². The lowest BCUT2D eigenvalue weighted by Gasteiger charge is -2.16. The van der Waals surface area contributed by atoms with Gasteiger partial charge in [-0.15, -0.1) is 0 Å². The van der Waals surface area contributed by atoms with E-state index in [1.165, 1.54) is 18.5 Å². The Labute approximate surface area is 97.5 Å². The van der Waals surface area contributed by atoms with E-state index < -0.39 is 0 Å². The van der Waals surface area contributed by atoms with Crippen LogP contribution in [-0.2, 0) is 6.42 Å². The van der Waals surface area contributed by atoms with Gasteiger partial charge in [-0.2, -0.15) is 0 Å². The van der Waals surface area contributed by atoms with E-state index in [9.17, 15) is 0 Å². The summed E-state index contributed by atoms with van der Waals surface area (Å²) in [7, 11) is 0. The molecule has 1 aliphatic rings. The third-order valence-corrected chi connectivity index (χ3v) is 3.19. The van der Waals surface area contributed by atoms with E-state index in [0.717, 1.165) is 17.9 Å². The van der Waals surface area contributed by atoms with Crippen molar-refractivity contribution >= 4 is 0 Å². The number of rotatable bonds is 4. The summed E-state index contributed by atoms with van der Waals surface area (Å²) in [4.78, 5) is 9.18. The summed E-state index contributed by atoms with van der Waals surface area (Å²) in [5, 5.41) is 0. The maximum Gasteiger partial charge on any atom is 0.145 e. The van der Waals surface area contributed by atoms with Crippen LogP contribution in [0.5, 0.6) is 0 Å². The summed E-state index contributed by atoms with van der Waals surface area (Å²) in [6.45, 7) is 6.36. The van der Waals surface area contributed by atoms with Crippen molar-refractivity contribution in [3.8, 4) is 0 Å². The summed E-state index contributed by atoms with van der Waals surface area (Å²) in [5.74, 6) is 1.89. The van der Waals surface area contributed by atoms with Crippen LogP contribution in [0.1, 0.15) is 62.8 Å². The average Bonchev–Trinajstić information content (AvgIpc) is 3.11. The first-order valence-corrected chi connectivity index (χ1v) is 6.25. The van der Waals surface area contributed by atoms with Gasteiger partial charge in [-0.05, 0) is 31.2 Å². The Morgan fingerprint density at radius 2 is 2.06 bits per heavy atom. The molecule has 1 saturated carbocycles. The van der Waals surface area contributed by atoms with Crippen LogP contribution in [0.15, 0.2) is 6.07 Å². The van der Waals surface area contributed by atoms with E-state index in [1.807, 2.05) is 0 Å². The average molecular weight is 219 g/mol. The second-order valence-electron chi connectivity index (χ2n) is 5.04. The minimum atomic E-state index is -0.0380. The van der Waals surface area contributed by atoms with Crippen LogP contribution in [0.2, 0.25) is 0 Å². The maximum absolute atomic E-state index is 6.13. The van der Waals surface area contributed by atoms with Crippen LogP contribution in [0.4, 0.5) is 0 Å². The molecule has 0 aromatic carbocycles. The quantitative estimate of drug-likeness (QED) is 0.846. The van der Waals surface area contributed by atoms with Gasteiger partial charge in [0.2, 0.25) is 0 Å². The molecule has 0 spiro atoms. The van der Waals surface area contributed by atoms with Gasteiger partial charge in [-0.25, -0.2) is 9.97 Å². The highest BCUT2D eigenvalue weighted by molar-refractivity contribution is 5.20. The van der Waals surface area contributed by atoms with Crippen LogP contribution in [0, 0.1) is 5.92 Å². The van der Waals surface area contributed by atoms with Gasteiger partial charge in [-0.1, -0.05) is 20.8 Å². The number of aryl methyl sites for hydroxylation is 1. The molecule has 2 rings (SSSR count). The smallest absolute Gasteiger partial charge is 0.145 e. The van der Waals surface area contributed by atoms with Crippen LogP contribution >= 0.6 is 0 Å². The molecule has 0 amide bonds. The SMILES string of the molecule is CCc1cc(C2CC2)nc(C(N)C(C)C)n1. The van der Waals surface area contributed by atoms with Crippen LogP contribution < -0.4 is 5.73 Å². The molecule has 3 nitrogen and oxygen atoms in total. The fourth-order valence-electron chi connectivity index (χ4n) is 1.76. The third-order valence-electron chi connectivity index (χ3n) is 3.19. The van der Waals surface area contributed by atoms with Gasteiger partial charge < -0.3 is 5.73 Å². The minimum absolute atomic E-state index is 0.0380. The maximum atomic E-state index is 6.13. The Kier molecular flexibility index (Phi) is 3.24. The first-order chi connectivity index (χ1) is 7.61. The van der Waals surface area contributed by atoms with E-state index in [2.05, 4.69) is 36.8 Å². The fraction of sp³-hybridized carbons (Fsp3) is 0.692. The zero-order valence-corrected chi connectivity index (χ0v) is 10.4. The first kappa shape index (κ1) is 11.5. The summed E-state index contributed by atoms with van der Waals surface area (Å²) in [6.07, 6.45) is 3.51. The topological polar surface area (TPSA) is 51.8 Å². The molecule has 88 valence electrons. The molecular formula is C13H21N3. The summed E-state index contributed by atoms with van der Waals surface area (Å²) in [6, 6.07) is 2.11. The van der Waals surface area contributed by atoms with E-state index in [-0.39, 0.29) is 6.04 Å². The molecular weight excluding hydrogens is 198 g/mol. The van der Waals surface area contributed by atoms with Crippen molar-refractivity contribution in [1.29, 1.82) is 0 Å². The second-order valence-corrected chi connectivity index (χ2v) is 5.04. The Morgan fingerprint density at radius 3 is 2.56 bits per heavy atom. The van der Waals surface area contributed by atoms with Crippen LogP contribution in [-0.4, -0.2) is 9.97 Å². The predicted octanol–water partition coefficient (Wildman–Crippen LogP) is 2.57. The van der Waals surface area contributed by atoms with Crippen LogP contribution in [0.3, 0.4) is 0 Å². The number of nitrogens with two attached hydrogens (primary N) is 1. The molecule has 1 aromatic heterocycles. The van der Waals surface area contributed by atoms with Gasteiger partial charge in [0.15, 0.2) is 0 Å². The Balaban J connectivity index is 2.32. The monoisotopic (exact) mass is 219 g/mol. The molecule has 0 saturated heterocycles. The van der Waals surface area contributed by atoms with E-state index >= 15 is 0 Å². The molecule has 0 aliphatic heterocycles. The second kappa shape index (κ2) is 4.50.